The van der Waals surface area contributed by atoms with Crippen molar-refractivity contribution in [2.75, 3.05) is 13.2 Å². The van der Waals surface area contributed by atoms with Gasteiger partial charge in [0.05, 0.1) is 6.54 Å². The molecule has 0 atom stereocenters. The minimum absolute atomic E-state index is 0.172. The molecule has 0 aliphatic heterocycles. The molecule has 0 aliphatic carbocycles. The zero-order valence-corrected chi connectivity index (χ0v) is 11.7. The van der Waals surface area contributed by atoms with Crippen LogP contribution < -0.4 is 10.4 Å². The average molecular weight is 284 g/mol. The first-order chi connectivity index (χ1) is 10.2. The van der Waals surface area contributed by atoms with E-state index in [1.54, 1.807) is 18.5 Å². The minimum atomic E-state index is -0.285. The number of nitrogens with zero attached hydrogens (tertiary/aromatic N) is 2. The number of aliphatic hydroxyl groups excluding tert-OH is 1. The van der Waals surface area contributed by atoms with E-state index in [0.717, 1.165) is 11.1 Å². The molecule has 1 aromatic carbocycles. The number of ether oxygens (including phenoxy) is 1. The van der Waals surface area contributed by atoms with E-state index in [2.05, 4.69) is 16.8 Å². The second kappa shape index (κ2) is 7.27. The molecule has 21 heavy (non-hydrogen) atoms. The SMILES string of the molecule is Cc1cnc(=O)n(CCOc2cccc(C#CCO)c2)c1. The summed E-state index contributed by atoms with van der Waals surface area (Å²) in [6.45, 7) is 2.50. The fourth-order valence-electron chi connectivity index (χ4n) is 1.79. The number of aliphatic hydroxyl groups is 1. The van der Waals surface area contributed by atoms with E-state index in [1.807, 2.05) is 25.1 Å². The lowest BCUT2D eigenvalue weighted by Gasteiger charge is -2.08. The van der Waals surface area contributed by atoms with Crippen LogP contribution >= 0.6 is 0 Å². The molecule has 0 saturated heterocycles. The molecule has 1 heterocycles. The molecule has 0 bridgehead atoms. The highest BCUT2D eigenvalue weighted by molar-refractivity contribution is 5.39. The van der Waals surface area contributed by atoms with Gasteiger partial charge in [-0.3, -0.25) is 4.57 Å². The second-order valence-electron chi connectivity index (χ2n) is 4.44. The van der Waals surface area contributed by atoms with Crippen LogP contribution in [-0.2, 0) is 6.54 Å². The van der Waals surface area contributed by atoms with Gasteiger partial charge in [-0.2, -0.15) is 0 Å². The Morgan fingerprint density at radius 2 is 2.29 bits per heavy atom. The molecular formula is C16H16N2O3. The fourth-order valence-corrected chi connectivity index (χ4v) is 1.79. The number of aromatic nitrogens is 2. The molecule has 2 rings (SSSR count). The van der Waals surface area contributed by atoms with Gasteiger partial charge in [0.2, 0.25) is 0 Å². The zero-order valence-electron chi connectivity index (χ0n) is 11.7. The standard InChI is InChI=1S/C16H16N2O3/c1-13-11-17-16(20)18(12-13)7-9-21-15-6-2-4-14(10-15)5-3-8-19/h2,4,6,10-12,19H,7-9H2,1H3. The molecular weight excluding hydrogens is 268 g/mol. The predicted molar refractivity (Wildman–Crippen MR) is 79.1 cm³/mol. The Morgan fingerprint density at radius 3 is 3.10 bits per heavy atom. The monoisotopic (exact) mass is 284 g/mol. The van der Waals surface area contributed by atoms with Crippen LogP contribution in [0.3, 0.4) is 0 Å². The van der Waals surface area contributed by atoms with Crippen LogP contribution in [0.15, 0.2) is 41.5 Å². The Morgan fingerprint density at radius 1 is 1.43 bits per heavy atom. The molecule has 5 heteroatoms. The van der Waals surface area contributed by atoms with Gasteiger partial charge in [0.1, 0.15) is 19.0 Å². The van der Waals surface area contributed by atoms with E-state index in [0.29, 0.717) is 18.9 Å². The van der Waals surface area contributed by atoms with Crippen LogP contribution in [0.25, 0.3) is 0 Å². The average Bonchev–Trinajstić information content (AvgIpc) is 2.49. The molecule has 0 amide bonds. The summed E-state index contributed by atoms with van der Waals surface area (Å²) in [7, 11) is 0. The Hall–Kier alpha value is -2.58. The summed E-state index contributed by atoms with van der Waals surface area (Å²) in [6.07, 6.45) is 3.30. The minimum Gasteiger partial charge on any atom is -0.492 e. The Labute approximate surface area is 122 Å². The molecule has 0 unspecified atom stereocenters. The van der Waals surface area contributed by atoms with E-state index in [4.69, 9.17) is 9.84 Å². The van der Waals surface area contributed by atoms with Crippen LogP contribution in [0, 0.1) is 18.8 Å². The summed E-state index contributed by atoms with van der Waals surface area (Å²) < 4.78 is 7.13. The maximum absolute atomic E-state index is 11.5. The van der Waals surface area contributed by atoms with Gasteiger partial charge in [-0.25, -0.2) is 9.78 Å². The summed E-state index contributed by atoms with van der Waals surface area (Å²) in [5, 5.41) is 8.67. The van der Waals surface area contributed by atoms with Crippen LogP contribution in [0.1, 0.15) is 11.1 Å². The zero-order chi connectivity index (χ0) is 15.1. The third kappa shape index (κ3) is 4.48. The smallest absolute Gasteiger partial charge is 0.347 e. The highest BCUT2D eigenvalue weighted by atomic mass is 16.5. The van der Waals surface area contributed by atoms with Gasteiger partial charge in [-0.1, -0.05) is 17.9 Å². The van der Waals surface area contributed by atoms with Gasteiger partial charge in [-0.05, 0) is 30.7 Å². The van der Waals surface area contributed by atoms with E-state index >= 15 is 0 Å². The van der Waals surface area contributed by atoms with Gasteiger partial charge in [0.25, 0.3) is 0 Å². The quantitative estimate of drug-likeness (QED) is 0.850. The van der Waals surface area contributed by atoms with Crippen LogP contribution in [-0.4, -0.2) is 27.9 Å². The highest BCUT2D eigenvalue weighted by Crippen LogP contribution is 2.12. The van der Waals surface area contributed by atoms with E-state index in [-0.39, 0.29) is 12.3 Å². The molecule has 1 aromatic heterocycles. The first-order valence-electron chi connectivity index (χ1n) is 6.55. The van der Waals surface area contributed by atoms with E-state index in [1.165, 1.54) is 4.57 Å². The largest absolute Gasteiger partial charge is 0.492 e. The maximum Gasteiger partial charge on any atom is 0.347 e. The van der Waals surface area contributed by atoms with Crippen molar-refractivity contribution in [3.8, 4) is 17.6 Å². The molecule has 1 N–H and O–H groups in total. The van der Waals surface area contributed by atoms with Crippen molar-refractivity contribution >= 4 is 0 Å². The summed E-state index contributed by atoms with van der Waals surface area (Å²) in [6, 6.07) is 7.28. The van der Waals surface area contributed by atoms with Gasteiger partial charge in [0.15, 0.2) is 0 Å². The third-order valence-corrected chi connectivity index (χ3v) is 2.73. The van der Waals surface area contributed by atoms with Gasteiger partial charge in [0, 0.05) is 18.0 Å². The predicted octanol–water partition coefficient (Wildman–Crippen LogP) is 0.975. The molecule has 0 radical (unpaired) electrons. The molecule has 0 saturated carbocycles. The Balaban J connectivity index is 1.97. The summed E-state index contributed by atoms with van der Waals surface area (Å²) in [5.41, 5.74) is 1.42. The first kappa shape index (κ1) is 14.8. The van der Waals surface area contributed by atoms with Crippen LogP contribution in [0.5, 0.6) is 5.75 Å². The first-order valence-corrected chi connectivity index (χ1v) is 6.55. The van der Waals surface area contributed by atoms with Gasteiger partial charge in [-0.15, -0.1) is 0 Å². The van der Waals surface area contributed by atoms with Crippen molar-refractivity contribution in [2.45, 2.75) is 13.5 Å². The lowest BCUT2D eigenvalue weighted by Crippen LogP contribution is -2.25. The number of benzene rings is 1. The number of aryl methyl sites for hydroxylation is 1. The number of rotatable bonds is 4. The number of hydrogen-bond acceptors (Lipinski definition) is 4. The lowest BCUT2D eigenvalue weighted by atomic mass is 10.2. The van der Waals surface area contributed by atoms with Crippen molar-refractivity contribution in [3.63, 3.8) is 0 Å². The van der Waals surface area contributed by atoms with Crippen molar-refractivity contribution in [2.24, 2.45) is 0 Å². The summed E-state index contributed by atoms with van der Waals surface area (Å²) in [4.78, 5) is 15.3. The number of hydrogen-bond donors (Lipinski definition) is 1. The highest BCUT2D eigenvalue weighted by Gasteiger charge is 1.99. The van der Waals surface area contributed by atoms with Crippen molar-refractivity contribution in [1.82, 2.24) is 9.55 Å². The van der Waals surface area contributed by atoms with Crippen LogP contribution in [0.4, 0.5) is 0 Å². The van der Waals surface area contributed by atoms with Crippen molar-refractivity contribution < 1.29 is 9.84 Å². The summed E-state index contributed by atoms with van der Waals surface area (Å²) >= 11 is 0. The Kier molecular flexibility index (Phi) is 5.13. The Bertz CT molecular complexity index is 726. The van der Waals surface area contributed by atoms with Gasteiger partial charge >= 0.3 is 5.69 Å². The van der Waals surface area contributed by atoms with Crippen molar-refractivity contribution in [3.05, 3.63) is 58.3 Å². The molecule has 108 valence electrons. The van der Waals surface area contributed by atoms with E-state index < -0.39 is 0 Å². The fraction of sp³-hybridized carbons (Fsp3) is 0.250. The topological polar surface area (TPSA) is 64.4 Å². The molecule has 0 fully saturated rings. The van der Waals surface area contributed by atoms with Crippen molar-refractivity contribution in [1.29, 1.82) is 0 Å². The van der Waals surface area contributed by atoms with Crippen LogP contribution in [0.2, 0.25) is 0 Å². The normalized spacial score (nSPS) is 9.81. The lowest BCUT2D eigenvalue weighted by molar-refractivity contribution is 0.295. The molecule has 5 nitrogen and oxygen atoms in total. The summed E-state index contributed by atoms with van der Waals surface area (Å²) in [5.74, 6) is 6.07. The third-order valence-electron chi connectivity index (χ3n) is 2.73. The second-order valence-corrected chi connectivity index (χ2v) is 4.44. The van der Waals surface area contributed by atoms with E-state index in [9.17, 15) is 4.79 Å². The maximum atomic E-state index is 11.5. The molecule has 0 aliphatic rings. The molecule has 0 spiro atoms. The van der Waals surface area contributed by atoms with Gasteiger partial charge < -0.3 is 9.84 Å². The molecule has 2 aromatic rings.